The van der Waals surface area contributed by atoms with Gasteiger partial charge in [0.15, 0.2) is 33.7 Å². The summed E-state index contributed by atoms with van der Waals surface area (Å²) in [4.78, 5) is 24.4. The molecule has 2 aromatic carbocycles. The highest BCUT2D eigenvalue weighted by atomic mass is 32.2. The highest BCUT2D eigenvalue weighted by molar-refractivity contribution is 7.90. The molecule has 34 heavy (non-hydrogen) atoms. The molecular formula is C24H26N2O7S. The van der Waals surface area contributed by atoms with Crippen LogP contribution in [0.4, 0.5) is 0 Å². The lowest BCUT2D eigenvalue weighted by Crippen LogP contribution is -2.28. The van der Waals surface area contributed by atoms with Crippen LogP contribution in [0.3, 0.4) is 0 Å². The molecule has 0 aliphatic heterocycles. The van der Waals surface area contributed by atoms with E-state index >= 15 is 0 Å². The van der Waals surface area contributed by atoms with Gasteiger partial charge in [0.25, 0.3) is 11.8 Å². The number of likely N-dealkylation sites (N-methyl/N-ethyl adjacent to an activating group) is 1. The lowest BCUT2D eigenvalue weighted by molar-refractivity contribution is -0.123. The standard InChI is InChI=1S/C24H26N2O7S/c1-3-25-22(27)15-33-20-10-9-17(13-21(20)31-2)14-26-24(28)23-18(11-12-32-23)16-34(29,30)19-7-5-4-6-8-19/h4-13H,3,14-16H2,1-2H3,(H,25,27)(H,26,28). The number of ether oxygens (including phenoxy) is 2. The van der Waals surface area contributed by atoms with E-state index in [-0.39, 0.29) is 41.0 Å². The molecule has 0 atom stereocenters. The average Bonchev–Trinajstić information content (AvgIpc) is 3.29. The molecule has 3 aromatic rings. The van der Waals surface area contributed by atoms with Crippen LogP contribution in [0.25, 0.3) is 0 Å². The van der Waals surface area contributed by atoms with Crippen molar-refractivity contribution in [2.24, 2.45) is 0 Å². The summed E-state index contributed by atoms with van der Waals surface area (Å²) in [7, 11) is -2.16. The first-order valence-corrected chi connectivity index (χ1v) is 12.2. The van der Waals surface area contributed by atoms with E-state index < -0.39 is 15.7 Å². The molecule has 2 N–H and O–H groups in total. The van der Waals surface area contributed by atoms with Crippen LogP contribution in [0, 0.1) is 0 Å². The number of benzene rings is 2. The van der Waals surface area contributed by atoms with Crippen LogP contribution < -0.4 is 20.1 Å². The minimum Gasteiger partial charge on any atom is -0.493 e. The fraction of sp³-hybridized carbons (Fsp3) is 0.250. The first-order valence-electron chi connectivity index (χ1n) is 10.5. The van der Waals surface area contributed by atoms with E-state index in [9.17, 15) is 18.0 Å². The second kappa shape index (κ2) is 11.4. The van der Waals surface area contributed by atoms with Gasteiger partial charge in [-0.2, -0.15) is 0 Å². The third-order valence-corrected chi connectivity index (χ3v) is 6.50. The molecular weight excluding hydrogens is 460 g/mol. The number of furan rings is 1. The van der Waals surface area contributed by atoms with Gasteiger partial charge in [0.05, 0.1) is 24.0 Å². The van der Waals surface area contributed by atoms with E-state index in [1.54, 1.807) is 36.4 Å². The fourth-order valence-corrected chi connectivity index (χ4v) is 4.54. The SMILES string of the molecule is CCNC(=O)COc1ccc(CNC(=O)c2occc2CS(=O)(=O)c2ccccc2)cc1OC. The van der Waals surface area contributed by atoms with Crippen molar-refractivity contribution >= 4 is 21.7 Å². The highest BCUT2D eigenvalue weighted by Crippen LogP contribution is 2.28. The van der Waals surface area contributed by atoms with Crippen LogP contribution in [-0.2, 0) is 26.9 Å². The second-order valence-electron chi connectivity index (χ2n) is 7.26. The normalized spacial score (nSPS) is 11.0. The minimum atomic E-state index is -3.63. The summed E-state index contributed by atoms with van der Waals surface area (Å²) in [6.07, 6.45) is 1.29. The molecule has 0 unspecified atom stereocenters. The van der Waals surface area contributed by atoms with E-state index in [0.29, 0.717) is 23.6 Å². The quantitative estimate of drug-likeness (QED) is 0.427. The first kappa shape index (κ1) is 24.8. The fourth-order valence-electron chi connectivity index (χ4n) is 3.16. The van der Waals surface area contributed by atoms with Gasteiger partial charge in [0.2, 0.25) is 0 Å². The van der Waals surface area contributed by atoms with Crippen molar-refractivity contribution in [3.05, 3.63) is 77.7 Å². The molecule has 0 spiro atoms. The third kappa shape index (κ3) is 6.38. The van der Waals surface area contributed by atoms with Crippen LogP contribution in [0.5, 0.6) is 11.5 Å². The first-order chi connectivity index (χ1) is 16.3. The topological polar surface area (TPSA) is 124 Å². The van der Waals surface area contributed by atoms with Gasteiger partial charge in [-0.15, -0.1) is 0 Å². The summed E-state index contributed by atoms with van der Waals surface area (Å²) < 4.78 is 41.4. The molecule has 0 aliphatic rings. The van der Waals surface area contributed by atoms with Crippen LogP contribution in [-0.4, -0.2) is 40.5 Å². The van der Waals surface area contributed by atoms with Gasteiger partial charge in [-0.25, -0.2) is 8.42 Å². The molecule has 1 aromatic heterocycles. The molecule has 9 nitrogen and oxygen atoms in total. The lowest BCUT2D eigenvalue weighted by atomic mass is 10.2. The number of hydrogen-bond donors (Lipinski definition) is 2. The van der Waals surface area contributed by atoms with E-state index in [4.69, 9.17) is 13.9 Å². The molecule has 0 fully saturated rings. The largest absolute Gasteiger partial charge is 0.493 e. The number of carbonyl (C=O) groups excluding carboxylic acids is 2. The Morgan fingerprint density at radius 1 is 1.00 bits per heavy atom. The molecule has 180 valence electrons. The Morgan fingerprint density at radius 2 is 1.76 bits per heavy atom. The Bertz CT molecular complexity index is 1240. The maximum atomic E-state index is 12.7. The van der Waals surface area contributed by atoms with Gasteiger partial charge in [-0.3, -0.25) is 9.59 Å². The van der Waals surface area contributed by atoms with Gasteiger partial charge in [0.1, 0.15) is 0 Å². The zero-order valence-electron chi connectivity index (χ0n) is 18.9. The molecule has 0 saturated carbocycles. The number of sulfone groups is 1. The second-order valence-corrected chi connectivity index (χ2v) is 9.25. The highest BCUT2D eigenvalue weighted by Gasteiger charge is 2.22. The minimum absolute atomic E-state index is 0.0617. The van der Waals surface area contributed by atoms with Crippen LogP contribution in [0.15, 0.2) is 70.2 Å². The zero-order valence-corrected chi connectivity index (χ0v) is 19.7. The summed E-state index contributed by atoms with van der Waals surface area (Å²) in [6, 6.07) is 14.5. The zero-order chi connectivity index (χ0) is 24.6. The van der Waals surface area contributed by atoms with Crippen molar-refractivity contribution in [2.45, 2.75) is 24.1 Å². The smallest absolute Gasteiger partial charge is 0.287 e. The molecule has 10 heteroatoms. The Balaban J connectivity index is 1.64. The number of hydrogen-bond acceptors (Lipinski definition) is 7. The van der Waals surface area contributed by atoms with Crippen molar-refractivity contribution < 1.29 is 31.9 Å². The number of nitrogens with one attached hydrogen (secondary N) is 2. The Kier molecular flexibility index (Phi) is 8.31. The van der Waals surface area contributed by atoms with E-state index in [1.165, 1.54) is 31.6 Å². The van der Waals surface area contributed by atoms with Gasteiger partial charge in [-0.1, -0.05) is 24.3 Å². The molecule has 1 heterocycles. The predicted molar refractivity (Wildman–Crippen MR) is 124 cm³/mol. The van der Waals surface area contributed by atoms with E-state index in [0.717, 1.165) is 0 Å². The maximum absolute atomic E-state index is 12.7. The van der Waals surface area contributed by atoms with Gasteiger partial charge in [-0.05, 0) is 42.8 Å². The van der Waals surface area contributed by atoms with Gasteiger partial charge in [0, 0.05) is 18.7 Å². The van der Waals surface area contributed by atoms with Gasteiger partial charge >= 0.3 is 0 Å². The molecule has 0 saturated heterocycles. The Hall–Kier alpha value is -3.79. The van der Waals surface area contributed by atoms with Crippen LogP contribution in [0.2, 0.25) is 0 Å². The van der Waals surface area contributed by atoms with Crippen molar-refractivity contribution in [3.8, 4) is 11.5 Å². The van der Waals surface area contributed by atoms with Crippen molar-refractivity contribution in [2.75, 3.05) is 20.3 Å². The lowest BCUT2D eigenvalue weighted by Gasteiger charge is -2.12. The van der Waals surface area contributed by atoms with Gasteiger partial charge < -0.3 is 24.5 Å². The summed E-state index contributed by atoms with van der Waals surface area (Å²) >= 11 is 0. The van der Waals surface area contributed by atoms with Crippen LogP contribution >= 0.6 is 0 Å². The maximum Gasteiger partial charge on any atom is 0.287 e. The third-order valence-electron chi connectivity index (χ3n) is 4.81. The number of methoxy groups -OCH3 is 1. The van der Waals surface area contributed by atoms with E-state index in [1.807, 2.05) is 6.92 Å². The molecule has 2 amide bonds. The molecule has 0 aliphatic carbocycles. The van der Waals surface area contributed by atoms with Crippen molar-refractivity contribution in [1.82, 2.24) is 10.6 Å². The summed E-state index contributed by atoms with van der Waals surface area (Å²) in [5.74, 6) is -0.412. The molecule has 0 bridgehead atoms. The number of carbonyl (C=O) groups is 2. The molecule has 3 rings (SSSR count). The summed E-state index contributed by atoms with van der Waals surface area (Å²) in [5.41, 5.74) is 0.980. The van der Waals surface area contributed by atoms with Crippen LogP contribution in [0.1, 0.15) is 28.6 Å². The monoisotopic (exact) mass is 486 g/mol. The predicted octanol–water partition coefficient (Wildman–Crippen LogP) is 2.71. The van der Waals surface area contributed by atoms with Crippen molar-refractivity contribution in [3.63, 3.8) is 0 Å². The average molecular weight is 487 g/mol. The summed E-state index contributed by atoms with van der Waals surface area (Å²) in [6.45, 7) is 2.31. The van der Waals surface area contributed by atoms with Crippen molar-refractivity contribution in [1.29, 1.82) is 0 Å². The van der Waals surface area contributed by atoms with E-state index in [2.05, 4.69) is 10.6 Å². The number of amides is 2. The summed E-state index contributed by atoms with van der Waals surface area (Å²) in [5, 5.41) is 5.36. The Morgan fingerprint density at radius 3 is 2.47 bits per heavy atom. The Labute approximate surface area is 198 Å². The number of rotatable bonds is 11. The molecule has 0 radical (unpaired) electrons.